The summed E-state index contributed by atoms with van der Waals surface area (Å²) in [7, 11) is 1.55. The number of ether oxygens (including phenoxy) is 1. The van der Waals surface area contributed by atoms with E-state index >= 15 is 0 Å². The molecule has 1 fully saturated rings. The summed E-state index contributed by atoms with van der Waals surface area (Å²) in [6.07, 6.45) is 1.83. The highest BCUT2D eigenvalue weighted by Crippen LogP contribution is 2.33. The van der Waals surface area contributed by atoms with E-state index in [1.54, 1.807) is 12.0 Å². The van der Waals surface area contributed by atoms with Gasteiger partial charge in [-0.1, -0.05) is 11.6 Å². The molecule has 0 aliphatic heterocycles. The Morgan fingerprint density at radius 3 is 2.76 bits per heavy atom. The van der Waals surface area contributed by atoms with Crippen LogP contribution in [0.2, 0.25) is 5.02 Å². The van der Waals surface area contributed by atoms with Crippen molar-refractivity contribution >= 4 is 28.9 Å². The molecular formula is C13H16ClN3O4. The molecule has 1 aromatic carbocycles. The van der Waals surface area contributed by atoms with E-state index in [4.69, 9.17) is 22.1 Å². The molecule has 0 radical (unpaired) electrons. The number of hydrogen-bond acceptors (Lipinski definition) is 5. The Balaban J connectivity index is 2.34. The minimum Gasteiger partial charge on any atom is -0.397 e. The van der Waals surface area contributed by atoms with Crippen molar-refractivity contribution in [2.75, 3.05) is 26.0 Å². The van der Waals surface area contributed by atoms with Crippen molar-refractivity contribution < 1.29 is 14.5 Å². The van der Waals surface area contributed by atoms with E-state index in [-0.39, 0.29) is 33.9 Å². The molecule has 2 N–H and O–H groups in total. The number of anilines is 1. The minimum absolute atomic E-state index is 0.00929. The fourth-order valence-electron chi connectivity index (χ4n) is 2.07. The zero-order chi connectivity index (χ0) is 15.6. The van der Waals surface area contributed by atoms with Gasteiger partial charge in [-0.2, -0.15) is 0 Å². The number of non-ortho nitro benzene ring substituents is 1. The zero-order valence-corrected chi connectivity index (χ0v) is 12.3. The highest BCUT2D eigenvalue weighted by molar-refractivity contribution is 6.34. The molecular weight excluding hydrogens is 298 g/mol. The SMILES string of the molecule is COCCN(C(=O)c1cc([N+](=O)[O-])cc(Cl)c1N)C1CC1. The zero-order valence-electron chi connectivity index (χ0n) is 11.5. The number of nitrogens with two attached hydrogens (primary N) is 1. The van der Waals surface area contributed by atoms with Crippen LogP contribution < -0.4 is 5.73 Å². The Labute approximate surface area is 126 Å². The van der Waals surface area contributed by atoms with Crippen LogP contribution in [0.25, 0.3) is 0 Å². The molecule has 1 amide bonds. The molecule has 0 bridgehead atoms. The van der Waals surface area contributed by atoms with Crippen LogP contribution in [0.1, 0.15) is 23.2 Å². The van der Waals surface area contributed by atoms with Gasteiger partial charge in [-0.05, 0) is 12.8 Å². The van der Waals surface area contributed by atoms with Gasteiger partial charge in [0, 0.05) is 31.8 Å². The second kappa shape index (κ2) is 6.28. The topological polar surface area (TPSA) is 98.7 Å². The quantitative estimate of drug-likeness (QED) is 0.492. The molecule has 0 spiro atoms. The number of nitro benzene ring substituents is 1. The third-order valence-corrected chi connectivity index (χ3v) is 3.65. The lowest BCUT2D eigenvalue weighted by atomic mass is 10.1. The molecule has 0 unspecified atom stereocenters. The maximum atomic E-state index is 12.6. The maximum absolute atomic E-state index is 12.6. The predicted molar refractivity (Wildman–Crippen MR) is 78.5 cm³/mol. The van der Waals surface area contributed by atoms with E-state index in [1.165, 1.54) is 6.07 Å². The van der Waals surface area contributed by atoms with Gasteiger partial charge in [-0.25, -0.2) is 0 Å². The summed E-state index contributed by atoms with van der Waals surface area (Å²) in [5, 5.41) is 10.9. The number of carbonyl (C=O) groups is 1. The van der Waals surface area contributed by atoms with E-state index in [2.05, 4.69) is 0 Å². The maximum Gasteiger partial charge on any atom is 0.271 e. The number of amides is 1. The van der Waals surface area contributed by atoms with Gasteiger partial charge in [0.1, 0.15) is 0 Å². The molecule has 8 heteroatoms. The number of benzene rings is 1. The highest BCUT2D eigenvalue weighted by atomic mass is 35.5. The minimum atomic E-state index is -0.598. The Morgan fingerprint density at radius 1 is 1.57 bits per heavy atom. The molecule has 0 atom stereocenters. The van der Waals surface area contributed by atoms with Crippen molar-refractivity contribution in [1.29, 1.82) is 0 Å². The first-order valence-corrected chi connectivity index (χ1v) is 6.86. The van der Waals surface area contributed by atoms with Gasteiger partial charge in [-0.15, -0.1) is 0 Å². The number of rotatable bonds is 6. The van der Waals surface area contributed by atoms with Crippen molar-refractivity contribution in [3.8, 4) is 0 Å². The van der Waals surface area contributed by atoms with Gasteiger partial charge in [0.25, 0.3) is 11.6 Å². The van der Waals surface area contributed by atoms with E-state index in [1.807, 2.05) is 0 Å². The normalized spacial score (nSPS) is 14.0. The van der Waals surface area contributed by atoms with Gasteiger partial charge in [0.2, 0.25) is 0 Å². The molecule has 2 rings (SSSR count). The lowest BCUT2D eigenvalue weighted by Crippen LogP contribution is -2.36. The van der Waals surface area contributed by atoms with Crippen LogP contribution in [-0.4, -0.2) is 42.0 Å². The van der Waals surface area contributed by atoms with E-state index in [0.29, 0.717) is 13.2 Å². The van der Waals surface area contributed by atoms with Crippen molar-refractivity contribution in [2.24, 2.45) is 0 Å². The second-order valence-corrected chi connectivity index (χ2v) is 5.28. The van der Waals surface area contributed by atoms with Gasteiger partial charge in [0.15, 0.2) is 0 Å². The summed E-state index contributed by atoms with van der Waals surface area (Å²) in [5.74, 6) is -0.349. The van der Waals surface area contributed by atoms with Gasteiger partial charge in [-0.3, -0.25) is 14.9 Å². The van der Waals surface area contributed by atoms with Crippen LogP contribution >= 0.6 is 11.6 Å². The molecule has 1 saturated carbocycles. The van der Waals surface area contributed by atoms with Crippen molar-refractivity contribution in [3.05, 3.63) is 32.8 Å². The van der Waals surface area contributed by atoms with Gasteiger partial charge in [0.05, 0.1) is 27.8 Å². The molecule has 1 aromatic rings. The number of hydrogen-bond donors (Lipinski definition) is 1. The summed E-state index contributed by atoms with van der Waals surface area (Å²) in [5.41, 5.74) is 5.69. The van der Waals surface area contributed by atoms with Crippen molar-refractivity contribution in [2.45, 2.75) is 18.9 Å². The molecule has 1 aliphatic rings. The van der Waals surface area contributed by atoms with Crippen LogP contribution in [0.15, 0.2) is 12.1 Å². The molecule has 1 aliphatic carbocycles. The number of nitro groups is 1. The Hall–Kier alpha value is -1.86. The second-order valence-electron chi connectivity index (χ2n) is 4.87. The fraction of sp³-hybridized carbons (Fsp3) is 0.462. The number of nitrogens with zero attached hydrogens (tertiary/aromatic N) is 2. The van der Waals surface area contributed by atoms with Gasteiger partial charge >= 0.3 is 0 Å². The molecule has 0 saturated heterocycles. The summed E-state index contributed by atoms with van der Waals surface area (Å²) < 4.78 is 4.99. The molecule has 7 nitrogen and oxygen atoms in total. The molecule has 21 heavy (non-hydrogen) atoms. The number of halogens is 1. The lowest BCUT2D eigenvalue weighted by Gasteiger charge is -2.23. The first-order chi connectivity index (χ1) is 9.95. The molecule has 114 valence electrons. The highest BCUT2D eigenvalue weighted by Gasteiger charge is 2.34. The predicted octanol–water partition coefficient (Wildman–Crippen LogP) is 2.08. The lowest BCUT2D eigenvalue weighted by molar-refractivity contribution is -0.384. The van der Waals surface area contributed by atoms with Crippen molar-refractivity contribution in [1.82, 2.24) is 4.90 Å². The van der Waals surface area contributed by atoms with E-state index < -0.39 is 4.92 Å². The van der Waals surface area contributed by atoms with E-state index in [9.17, 15) is 14.9 Å². The van der Waals surface area contributed by atoms with Crippen LogP contribution in [0.3, 0.4) is 0 Å². The van der Waals surface area contributed by atoms with Crippen molar-refractivity contribution in [3.63, 3.8) is 0 Å². The summed E-state index contributed by atoms with van der Waals surface area (Å²) in [6, 6.07) is 2.46. The monoisotopic (exact) mass is 313 g/mol. The molecule has 0 heterocycles. The average molecular weight is 314 g/mol. The number of nitrogen functional groups attached to an aromatic ring is 1. The largest absolute Gasteiger partial charge is 0.397 e. The Kier molecular flexibility index (Phi) is 4.64. The first kappa shape index (κ1) is 15.5. The van der Waals surface area contributed by atoms with Crippen LogP contribution in [-0.2, 0) is 4.74 Å². The third kappa shape index (κ3) is 3.43. The smallest absolute Gasteiger partial charge is 0.271 e. The summed E-state index contributed by atoms with van der Waals surface area (Å²) in [4.78, 5) is 24.5. The van der Waals surface area contributed by atoms with Crippen LogP contribution in [0, 0.1) is 10.1 Å². The summed E-state index contributed by atoms with van der Waals surface area (Å²) in [6.45, 7) is 0.810. The van der Waals surface area contributed by atoms with Crippen LogP contribution in [0.5, 0.6) is 0 Å². The molecule has 0 aromatic heterocycles. The average Bonchev–Trinajstić information content (AvgIpc) is 3.26. The fourth-order valence-corrected chi connectivity index (χ4v) is 2.28. The Morgan fingerprint density at radius 2 is 2.24 bits per heavy atom. The summed E-state index contributed by atoms with van der Waals surface area (Å²) >= 11 is 5.89. The van der Waals surface area contributed by atoms with Crippen LogP contribution in [0.4, 0.5) is 11.4 Å². The Bertz CT molecular complexity index is 575. The number of carbonyl (C=O) groups excluding carboxylic acids is 1. The number of methoxy groups -OCH3 is 1. The van der Waals surface area contributed by atoms with E-state index in [0.717, 1.165) is 18.9 Å². The van der Waals surface area contributed by atoms with Gasteiger partial charge < -0.3 is 15.4 Å². The standard InChI is InChI=1S/C13H16ClN3O4/c1-21-5-4-16(8-2-3-8)13(18)10-6-9(17(19)20)7-11(14)12(10)15/h6-8H,2-5,15H2,1H3. The first-order valence-electron chi connectivity index (χ1n) is 6.49. The third-order valence-electron chi connectivity index (χ3n) is 3.34.